The average Bonchev–Trinajstić information content (AvgIpc) is 2.47. The fourth-order valence-corrected chi connectivity index (χ4v) is 2.19. The fraction of sp³-hybridized carbons (Fsp3) is 0.188. The summed E-state index contributed by atoms with van der Waals surface area (Å²) in [5.74, 6) is 0.801. The van der Waals surface area contributed by atoms with Gasteiger partial charge in [-0.3, -0.25) is 4.79 Å². The monoisotopic (exact) mass is 287 g/mol. The van der Waals surface area contributed by atoms with E-state index < -0.39 is 0 Å². The van der Waals surface area contributed by atoms with Crippen LogP contribution in [0.1, 0.15) is 5.56 Å². The molecular formula is C16H17NO2S. The Labute approximate surface area is 123 Å². The number of rotatable bonds is 4. The molecule has 1 amide bonds. The van der Waals surface area contributed by atoms with Crippen molar-refractivity contribution in [1.29, 1.82) is 0 Å². The van der Waals surface area contributed by atoms with Crippen molar-refractivity contribution >= 4 is 17.0 Å². The lowest BCUT2D eigenvalue weighted by atomic mass is 10.2. The van der Waals surface area contributed by atoms with Crippen LogP contribution in [0, 0.1) is 0 Å². The third-order valence-corrected chi connectivity index (χ3v) is 3.69. The van der Waals surface area contributed by atoms with Gasteiger partial charge in [0.15, 0.2) is 0 Å². The van der Waals surface area contributed by atoms with Gasteiger partial charge in [-0.25, -0.2) is 0 Å². The van der Waals surface area contributed by atoms with E-state index >= 15 is 0 Å². The molecule has 0 N–H and O–H groups in total. The summed E-state index contributed by atoms with van der Waals surface area (Å²) in [5, 5.41) is 0.0166. The molecule has 0 fully saturated rings. The van der Waals surface area contributed by atoms with Gasteiger partial charge in [-0.2, -0.15) is 0 Å². The minimum atomic E-state index is 0.0166. The number of amides is 1. The van der Waals surface area contributed by atoms with Crippen molar-refractivity contribution in [3.05, 3.63) is 60.2 Å². The number of benzene rings is 2. The molecule has 2 rings (SSSR count). The first-order chi connectivity index (χ1) is 9.65. The molecule has 0 spiro atoms. The molecule has 2 aromatic rings. The Balaban J connectivity index is 1.90. The third-order valence-electron chi connectivity index (χ3n) is 2.64. The highest BCUT2D eigenvalue weighted by molar-refractivity contribution is 8.13. The summed E-state index contributed by atoms with van der Waals surface area (Å²) in [5.41, 5.74) is 1.13. The Morgan fingerprint density at radius 2 is 1.70 bits per heavy atom. The highest BCUT2D eigenvalue weighted by Crippen LogP contribution is 2.23. The molecule has 0 atom stereocenters. The van der Waals surface area contributed by atoms with E-state index in [1.165, 1.54) is 11.8 Å². The Bertz CT molecular complexity index is 552. The van der Waals surface area contributed by atoms with Gasteiger partial charge in [-0.15, -0.1) is 0 Å². The second-order valence-electron chi connectivity index (χ2n) is 4.51. The van der Waals surface area contributed by atoms with Crippen molar-refractivity contribution in [2.24, 2.45) is 0 Å². The van der Waals surface area contributed by atoms with E-state index in [9.17, 15) is 4.79 Å². The summed E-state index contributed by atoms with van der Waals surface area (Å²) < 4.78 is 5.69. The van der Waals surface area contributed by atoms with E-state index in [-0.39, 0.29) is 5.24 Å². The van der Waals surface area contributed by atoms with Crippen LogP contribution in [0.4, 0.5) is 4.79 Å². The number of ether oxygens (including phenoxy) is 1. The molecule has 104 valence electrons. The van der Waals surface area contributed by atoms with Crippen molar-refractivity contribution in [1.82, 2.24) is 4.90 Å². The fourth-order valence-electron chi connectivity index (χ4n) is 1.54. The summed E-state index contributed by atoms with van der Waals surface area (Å²) in [6.45, 7) is 0.546. The highest BCUT2D eigenvalue weighted by Gasteiger charge is 2.06. The molecule has 0 aromatic heterocycles. The van der Waals surface area contributed by atoms with Gasteiger partial charge in [0.1, 0.15) is 12.4 Å². The lowest BCUT2D eigenvalue weighted by Crippen LogP contribution is -2.15. The molecule has 0 radical (unpaired) electrons. The van der Waals surface area contributed by atoms with Gasteiger partial charge < -0.3 is 9.64 Å². The molecule has 4 heteroatoms. The maximum atomic E-state index is 11.6. The van der Waals surface area contributed by atoms with Crippen LogP contribution in [0.2, 0.25) is 0 Å². The molecule has 0 heterocycles. The van der Waals surface area contributed by atoms with Crippen LogP contribution in [0.5, 0.6) is 5.75 Å². The number of carbonyl (C=O) groups excluding carboxylic acids is 1. The minimum Gasteiger partial charge on any atom is -0.489 e. The number of hydrogen-bond donors (Lipinski definition) is 0. The Kier molecular flexibility index (Phi) is 5.07. The van der Waals surface area contributed by atoms with E-state index in [2.05, 4.69) is 0 Å². The predicted molar refractivity (Wildman–Crippen MR) is 82.2 cm³/mol. The van der Waals surface area contributed by atoms with Gasteiger partial charge in [-0.05, 0) is 41.6 Å². The van der Waals surface area contributed by atoms with Gasteiger partial charge in [-0.1, -0.05) is 30.3 Å². The average molecular weight is 287 g/mol. The number of hydrogen-bond acceptors (Lipinski definition) is 3. The quantitative estimate of drug-likeness (QED) is 0.795. The minimum absolute atomic E-state index is 0.0166. The Hall–Kier alpha value is -1.94. The van der Waals surface area contributed by atoms with Crippen LogP contribution in [-0.2, 0) is 6.61 Å². The summed E-state index contributed by atoms with van der Waals surface area (Å²) >= 11 is 1.21. The summed E-state index contributed by atoms with van der Waals surface area (Å²) in [7, 11) is 3.49. The van der Waals surface area contributed by atoms with Crippen molar-refractivity contribution < 1.29 is 9.53 Å². The summed E-state index contributed by atoms with van der Waals surface area (Å²) in [4.78, 5) is 14.0. The lowest BCUT2D eigenvalue weighted by Gasteiger charge is -2.10. The summed E-state index contributed by atoms with van der Waals surface area (Å²) in [6.07, 6.45) is 0. The molecule has 0 aliphatic rings. The van der Waals surface area contributed by atoms with E-state index in [0.717, 1.165) is 16.2 Å². The van der Waals surface area contributed by atoms with Gasteiger partial charge in [0.05, 0.1) is 0 Å². The van der Waals surface area contributed by atoms with Crippen molar-refractivity contribution in [2.45, 2.75) is 11.5 Å². The number of thioether (sulfide) groups is 1. The van der Waals surface area contributed by atoms with Crippen molar-refractivity contribution in [3.8, 4) is 5.75 Å². The SMILES string of the molecule is CN(C)C(=O)Sc1ccc(OCc2ccccc2)cc1. The van der Waals surface area contributed by atoms with Crippen LogP contribution >= 0.6 is 11.8 Å². The van der Waals surface area contributed by atoms with Crippen molar-refractivity contribution in [2.75, 3.05) is 14.1 Å². The Morgan fingerprint density at radius 3 is 2.30 bits per heavy atom. The van der Waals surface area contributed by atoms with Crippen molar-refractivity contribution in [3.63, 3.8) is 0 Å². The molecule has 3 nitrogen and oxygen atoms in total. The van der Waals surface area contributed by atoms with Crippen LogP contribution in [0.15, 0.2) is 59.5 Å². The molecular weight excluding hydrogens is 270 g/mol. The zero-order valence-corrected chi connectivity index (χ0v) is 12.4. The van der Waals surface area contributed by atoms with Gasteiger partial charge in [0.2, 0.25) is 0 Å². The second kappa shape index (κ2) is 7.01. The number of carbonyl (C=O) groups is 1. The first-order valence-corrected chi connectivity index (χ1v) is 7.13. The van der Waals surface area contributed by atoms with E-state index in [0.29, 0.717) is 6.61 Å². The molecule has 20 heavy (non-hydrogen) atoms. The first kappa shape index (κ1) is 14.5. The van der Waals surface area contributed by atoms with Gasteiger partial charge >= 0.3 is 0 Å². The molecule has 0 saturated heterocycles. The van der Waals surface area contributed by atoms with Crippen LogP contribution in [0.3, 0.4) is 0 Å². The zero-order valence-electron chi connectivity index (χ0n) is 11.6. The molecule has 0 saturated carbocycles. The van der Waals surface area contributed by atoms with Crippen LogP contribution in [-0.4, -0.2) is 24.2 Å². The van der Waals surface area contributed by atoms with E-state index in [4.69, 9.17) is 4.74 Å². The van der Waals surface area contributed by atoms with Crippen LogP contribution < -0.4 is 4.74 Å². The maximum absolute atomic E-state index is 11.6. The zero-order chi connectivity index (χ0) is 14.4. The molecule has 0 bridgehead atoms. The number of nitrogens with zero attached hydrogens (tertiary/aromatic N) is 1. The van der Waals surface area contributed by atoms with E-state index in [1.54, 1.807) is 19.0 Å². The van der Waals surface area contributed by atoms with E-state index in [1.807, 2.05) is 54.6 Å². The molecule has 2 aromatic carbocycles. The largest absolute Gasteiger partial charge is 0.489 e. The third kappa shape index (κ3) is 4.31. The smallest absolute Gasteiger partial charge is 0.285 e. The van der Waals surface area contributed by atoms with Crippen LogP contribution in [0.25, 0.3) is 0 Å². The lowest BCUT2D eigenvalue weighted by molar-refractivity contribution is 0.241. The second-order valence-corrected chi connectivity index (χ2v) is 5.53. The normalized spacial score (nSPS) is 10.1. The summed E-state index contributed by atoms with van der Waals surface area (Å²) in [6, 6.07) is 17.6. The standard InChI is InChI=1S/C16H17NO2S/c1-17(2)16(18)20-15-10-8-14(9-11-15)19-12-13-6-4-3-5-7-13/h3-11H,12H2,1-2H3. The predicted octanol–water partition coefficient (Wildman–Crippen LogP) is 4.04. The first-order valence-electron chi connectivity index (χ1n) is 6.31. The molecule has 0 unspecified atom stereocenters. The molecule has 0 aliphatic carbocycles. The van der Waals surface area contributed by atoms with Gasteiger partial charge in [0, 0.05) is 19.0 Å². The maximum Gasteiger partial charge on any atom is 0.285 e. The Morgan fingerprint density at radius 1 is 1.05 bits per heavy atom. The topological polar surface area (TPSA) is 29.5 Å². The molecule has 0 aliphatic heterocycles. The highest BCUT2D eigenvalue weighted by atomic mass is 32.2. The van der Waals surface area contributed by atoms with Gasteiger partial charge in [0.25, 0.3) is 5.24 Å².